The van der Waals surface area contributed by atoms with Gasteiger partial charge in [-0.1, -0.05) is 13.3 Å². The lowest BCUT2D eigenvalue weighted by Gasteiger charge is -2.38. The van der Waals surface area contributed by atoms with Gasteiger partial charge < -0.3 is 5.73 Å². The van der Waals surface area contributed by atoms with E-state index < -0.39 is 0 Å². The van der Waals surface area contributed by atoms with E-state index in [-0.39, 0.29) is 6.04 Å². The average molecular weight is 250 g/mol. The normalized spacial score (nSPS) is 22.0. The van der Waals surface area contributed by atoms with Crippen LogP contribution in [0, 0.1) is 5.92 Å². The van der Waals surface area contributed by atoms with Crippen LogP contribution in [0.15, 0.2) is 12.4 Å². The Hall–Kier alpha value is -0.870. The van der Waals surface area contributed by atoms with Gasteiger partial charge in [-0.3, -0.25) is 9.58 Å². The Morgan fingerprint density at radius 3 is 2.56 bits per heavy atom. The first-order valence-corrected chi connectivity index (χ1v) is 7.10. The molecule has 1 saturated heterocycles. The molecule has 0 spiro atoms. The molecule has 2 atom stereocenters. The van der Waals surface area contributed by atoms with E-state index in [4.69, 9.17) is 5.73 Å². The molecule has 1 fully saturated rings. The summed E-state index contributed by atoms with van der Waals surface area (Å²) in [5, 5.41) is 4.28. The van der Waals surface area contributed by atoms with Crippen molar-refractivity contribution in [3.05, 3.63) is 18.0 Å². The number of hydrogen-bond donors (Lipinski definition) is 1. The molecule has 0 amide bonds. The Morgan fingerprint density at radius 1 is 1.44 bits per heavy atom. The highest BCUT2D eigenvalue weighted by Crippen LogP contribution is 2.29. The van der Waals surface area contributed by atoms with Crippen LogP contribution >= 0.6 is 0 Å². The Labute approximate surface area is 110 Å². The van der Waals surface area contributed by atoms with Gasteiger partial charge in [0.2, 0.25) is 0 Å². The number of aryl methyl sites for hydroxylation is 1. The Morgan fingerprint density at radius 2 is 2.11 bits per heavy atom. The van der Waals surface area contributed by atoms with Crippen molar-refractivity contribution in [2.75, 3.05) is 13.1 Å². The molecule has 4 heteroatoms. The third kappa shape index (κ3) is 2.93. The topological polar surface area (TPSA) is 47.1 Å². The molecule has 0 bridgehead atoms. The van der Waals surface area contributed by atoms with Crippen molar-refractivity contribution in [1.82, 2.24) is 14.7 Å². The molecule has 2 heterocycles. The number of rotatable bonds is 4. The lowest BCUT2D eigenvalue weighted by molar-refractivity contribution is 0.117. The standard InChI is InChI=1S/C14H26N4/c1-4-12-5-7-18(8-6-12)14(11(2)15)13-9-16-17(3)10-13/h9-12,14H,4-8,15H2,1-3H3. The highest BCUT2D eigenvalue weighted by Gasteiger charge is 2.28. The highest BCUT2D eigenvalue weighted by molar-refractivity contribution is 5.13. The molecule has 1 aliphatic rings. The van der Waals surface area contributed by atoms with E-state index >= 15 is 0 Å². The van der Waals surface area contributed by atoms with E-state index in [0.29, 0.717) is 6.04 Å². The predicted octanol–water partition coefficient (Wildman–Crippen LogP) is 1.93. The monoisotopic (exact) mass is 250 g/mol. The van der Waals surface area contributed by atoms with Gasteiger partial charge in [-0.25, -0.2) is 0 Å². The molecule has 4 nitrogen and oxygen atoms in total. The highest BCUT2D eigenvalue weighted by atomic mass is 15.3. The molecule has 1 aromatic heterocycles. The van der Waals surface area contributed by atoms with Gasteiger partial charge in [-0.15, -0.1) is 0 Å². The number of hydrogen-bond acceptors (Lipinski definition) is 3. The Kier molecular flexibility index (Phi) is 4.40. The van der Waals surface area contributed by atoms with Crippen LogP contribution in [0.4, 0.5) is 0 Å². The quantitative estimate of drug-likeness (QED) is 0.888. The second-order valence-corrected chi connectivity index (χ2v) is 5.64. The van der Waals surface area contributed by atoms with Gasteiger partial charge in [0.1, 0.15) is 0 Å². The van der Waals surface area contributed by atoms with Crippen molar-refractivity contribution < 1.29 is 0 Å². The third-order valence-electron chi connectivity index (χ3n) is 4.18. The Balaban J connectivity index is 2.07. The zero-order valence-electron chi connectivity index (χ0n) is 11.8. The number of likely N-dealkylation sites (tertiary alicyclic amines) is 1. The first-order valence-electron chi connectivity index (χ1n) is 7.10. The summed E-state index contributed by atoms with van der Waals surface area (Å²) in [4.78, 5) is 2.54. The average Bonchev–Trinajstić information content (AvgIpc) is 2.76. The van der Waals surface area contributed by atoms with Gasteiger partial charge in [-0.2, -0.15) is 5.10 Å². The Bertz CT molecular complexity index is 364. The van der Waals surface area contributed by atoms with E-state index in [9.17, 15) is 0 Å². The van der Waals surface area contributed by atoms with E-state index in [1.807, 2.05) is 17.9 Å². The van der Waals surface area contributed by atoms with Gasteiger partial charge in [0.15, 0.2) is 0 Å². The molecular weight excluding hydrogens is 224 g/mol. The van der Waals surface area contributed by atoms with Crippen LogP contribution in [0.5, 0.6) is 0 Å². The minimum absolute atomic E-state index is 0.146. The van der Waals surface area contributed by atoms with Crippen LogP contribution in [-0.2, 0) is 7.05 Å². The minimum Gasteiger partial charge on any atom is -0.326 e. The lowest BCUT2D eigenvalue weighted by Crippen LogP contribution is -2.43. The second kappa shape index (κ2) is 5.85. The summed E-state index contributed by atoms with van der Waals surface area (Å²) in [7, 11) is 1.96. The summed E-state index contributed by atoms with van der Waals surface area (Å²) in [5.41, 5.74) is 7.45. The molecule has 102 valence electrons. The fourth-order valence-electron chi connectivity index (χ4n) is 3.08. The van der Waals surface area contributed by atoms with E-state index in [2.05, 4.69) is 30.0 Å². The van der Waals surface area contributed by atoms with Gasteiger partial charge in [0, 0.05) is 24.8 Å². The van der Waals surface area contributed by atoms with Crippen molar-refractivity contribution in [3.63, 3.8) is 0 Å². The molecule has 0 aliphatic carbocycles. The van der Waals surface area contributed by atoms with Crippen LogP contribution in [-0.4, -0.2) is 33.8 Å². The third-order valence-corrected chi connectivity index (χ3v) is 4.18. The molecule has 1 aromatic rings. The molecule has 0 radical (unpaired) electrons. The van der Waals surface area contributed by atoms with Crippen molar-refractivity contribution in [1.29, 1.82) is 0 Å². The summed E-state index contributed by atoms with van der Waals surface area (Å²) >= 11 is 0. The number of nitrogens with zero attached hydrogens (tertiary/aromatic N) is 3. The number of aromatic nitrogens is 2. The van der Waals surface area contributed by atoms with Crippen LogP contribution in [0.2, 0.25) is 0 Å². The van der Waals surface area contributed by atoms with Gasteiger partial charge >= 0.3 is 0 Å². The van der Waals surface area contributed by atoms with Crippen LogP contribution in [0.1, 0.15) is 44.7 Å². The second-order valence-electron chi connectivity index (χ2n) is 5.64. The van der Waals surface area contributed by atoms with Crippen molar-refractivity contribution in [3.8, 4) is 0 Å². The molecular formula is C14H26N4. The molecule has 0 saturated carbocycles. The zero-order valence-corrected chi connectivity index (χ0v) is 11.8. The summed E-state index contributed by atoms with van der Waals surface area (Å²) in [6.07, 6.45) is 7.98. The summed E-state index contributed by atoms with van der Waals surface area (Å²) < 4.78 is 1.86. The molecule has 0 aromatic carbocycles. The van der Waals surface area contributed by atoms with E-state index in [1.54, 1.807) is 0 Å². The maximum atomic E-state index is 6.20. The predicted molar refractivity (Wildman–Crippen MR) is 74.2 cm³/mol. The van der Waals surface area contributed by atoms with E-state index in [1.165, 1.54) is 37.9 Å². The first-order chi connectivity index (χ1) is 8.61. The molecule has 18 heavy (non-hydrogen) atoms. The number of nitrogens with two attached hydrogens (primary N) is 1. The summed E-state index contributed by atoms with van der Waals surface area (Å²) in [6.45, 7) is 6.73. The first kappa shape index (κ1) is 13.6. The van der Waals surface area contributed by atoms with Crippen LogP contribution < -0.4 is 5.73 Å². The molecule has 2 N–H and O–H groups in total. The molecule has 1 aliphatic heterocycles. The van der Waals surface area contributed by atoms with Gasteiger partial charge in [0.05, 0.1) is 12.2 Å². The number of piperidine rings is 1. The maximum absolute atomic E-state index is 6.20. The maximum Gasteiger partial charge on any atom is 0.0538 e. The van der Waals surface area contributed by atoms with E-state index in [0.717, 1.165) is 5.92 Å². The summed E-state index contributed by atoms with van der Waals surface area (Å²) in [6, 6.07) is 0.462. The van der Waals surface area contributed by atoms with Crippen molar-refractivity contribution in [2.45, 2.75) is 45.2 Å². The van der Waals surface area contributed by atoms with Crippen LogP contribution in [0.25, 0.3) is 0 Å². The summed E-state index contributed by atoms with van der Waals surface area (Å²) in [5.74, 6) is 0.906. The van der Waals surface area contributed by atoms with Crippen LogP contribution in [0.3, 0.4) is 0 Å². The minimum atomic E-state index is 0.146. The fourth-order valence-corrected chi connectivity index (χ4v) is 3.08. The van der Waals surface area contributed by atoms with Gasteiger partial charge in [0.25, 0.3) is 0 Å². The fraction of sp³-hybridized carbons (Fsp3) is 0.786. The van der Waals surface area contributed by atoms with Gasteiger partial charge in [-0.05, 0) is 38.8 Å². The lowest BCUT2D eigenvalue weighted by atomic mass is 9.91. The van der Waals surface area contributed by atoms with Crippen molar-refractivity contribution >= 4 is 0 Å². The molecule has 2 unspecified atom stereocenters. The smallest absolute Gasteiger partial charge is 0.0538 e. The molecule has 2 rings (SSSR count). The largest absolute Gasteiger partial charge is 0.326 e. The van der Waals surface area contributed by atoms with Crippen molar-refractivity contribution in [2.24, 2.45) is 18.7 Å². The SMILES string of the molecule is CCC1CCN(C(c2cnn(C)c2)C(C)N)CC1. The zero-order chi connectivity index (χ0) is 13.1.